The Bertz CT molecular complexity index is 76.2. The molecule has 0 heterocycles. The average Bonchev–Trinajstić information content (AvgIpc) is 1.89. The summed E-state index contributed by atoms with van der Waals surface area (Å²) in [4.78, 5) is 0. The fourth-order valence-electron chi connectivity index (χ4n) is 0.318. The van der Waals surface area contributed by atoms with Crippen LogP contribution in [0.15, 0.2) is 0 Å². The molecule has 9 heavy (non-hydrogen) atoms. The summed E-state index contributed by atoms with van der Waals surface area (Å²) in [7, 11) is 0.863. The third-order valence-electron chi connectivity index (χ3n) is 1.07. The first-order valence-electron chi connectivity index (χ1n) is 2.53. The Morgan fingerprint density at radius 1 is 1.33 bits per heavy atom. The van der Waals surface area contributed by atoms with Gasteiger partial charge in [0.05, 0.1) is 5.94 Å². The van der Waals surface area contributed by atoms with Gasteiger partial charge in [0, 0.05) is 20.8 Å². The minimum absolute atomic E-state index is 0.338. The van der Waals surface area contributed by atoms with E-state index in [9.17, 15) is 0 Å². The van der Waals surface area contributed by atoms with E-state index in [-0.39, 0.29) is 0 Å². The summed E-state index contributed by atoms with van der Waals surface area (Å²) < 4.78 is 15.0. The van der Waals surface area contributed by atoms with Crippen LogP contribution in [-0.4, -0.2) is 29.0 Å². The zero-order valence-corrected chi connectivity index (χ0v) is 7.77. The van der Waals surface area contributed by atoms with Gasteiger partial charge in [-0.3, -0.25) is 0 Å². The van der Waals surface area contributed by atoms with Gasteiger partial charge in [0.1, 0.15) is 0 Å². The Balaban J connectivity index is 3.62. The molecule has 0 fully saturated rings. The SMILES string of the molecule is CO[Si](C)(OC)OCS. The lowest BCUT2D eigenvalue weighted by Gasteiger charge is -2.20. The molecule has 0 saturated heterocycles. The molecule has 0 rings (SSSR count). The maximum Gasteiger partial charge on any atom is 0.497 e. The van der Waals surface area contributed by atoms with Gasteiger partial charge in [-0.05, 0) is 0 Å². The van der Waals surface area contributed by atoms with E-state index < -0.39 is 8.80 Å². The molecule has 0 unspecified atom stereocenters. The molecule has 0 atom stereocenters. The Kier molecular flexibility index (Phi) is 4.51. The highest BCUT2D eigenvalue weighted by Crippen LogP contribution is 2.05. The molecule has 56 valence electrons. The third-order valence-corrected chi connectivity index (χ3v) is 3.59. The summed E-state index contributed by atoms with van der Waals surface area (Å²) in [5.41, 5.74) is 0. The lowest BCUT2D eigenvalue weighted by atomic mass is 11.7. The van der Waals surface area contributed by atoms with Gasteiger partial charge in [-0.25, -0.2) is 0 Å². The van der Waals surface area contributed by atoms with Crippen molar-refractivity contribution in [1.82, 2.24) is 0 Å². The van der Waals surface area contributed by atoms with Crippen LogP contribution < -0.4 is 0 Å². The number of hydrogen-bond acceptors (Lipinski definition) is 4. The summed E-state index contributed by atoms with van der Waals surface area (Å²) in [6.45, 7) is 1.81. The van der Waals surface area contributed by atoms with E-state index in [0.29, 0.717) is 5.94 Å². The molecular formula is C4H12O3SSi. The van der Waals surface area contributed by atoms with E-state index >= 15 is 0 Å². The van der Waals surface area contributed by atoms with Crippen molar-refractivity contribution < 1.29 is 13.3 Å². The molecule has 0 aliphatic carbocycles. The fraction of sp³-hybridized carbons (Fsp3) is 1.00. The molecule has 5 heteroatoms. The van der Waals surface area contributed by atoms with E-state index in [1.165, 1.54) is 0 Å². The second-order valence-corrected chi connectivity index (χ2v) is 4.63. The maximum absolute atomic E-state index is 5.09. The molecule has 3 nitrogen and oxygen atoms in total. The van der Waals surface area contributed by atoms with E-state index in [1.807, 2.05) is 6.55 Å². The predicted octanol–water partition coefficient (Wildman–Crippen LogP) is 0.752. The first-order chi connectivity index (χ1) is 4.18. The molecule has 0 radical (unpaired) electrons. The average molecular weight is 168 g/mol. The quantitative estimate of drug-likeness (QED) is 0.381. The number of thiol groups is 1. The summed E-state index contributed by atoms with van der Waals surface area (Å²) in [6, 6.07) is 0. The number of hydrogen-bond donors (Lipinski definition) is 1. The molecule has 0 bridgehead atoms. The molecular weight excluding hydrogens is 156 g/mol. The van der Waals surface area contributed by atoms with Crippen LogP contribution in [0, 0.1) is 0 Å². The van der Waals surface area contributed by atoms with Gasteiger partial charge in [-0.15, -0.1) is 0 Å². The molecule has 0 aliphatic rings. The van der Waals surface area contributed by atoms with Crippen molar-refractivity contribution in [3.05, 3.63) is 0 Å². The highest BCUT2D eigenvalue weighted by molar-refractivity contribution is 7.80. The fourth-order valence-corrected chi connectivity index (χ4v) is 1.66. The van der Waals surface area contributed by atoms with E-state index in [4.69, 9.17) is 13.3 Å². The van der Waals surface area contributed by atoms with Crippen molar-refractivity contribution in [1.29, 1.82) is 0 Å². The van der Waals surface area contributed by atoms with E-state index in [2.05, 4.69) is 12.6 Å². The first-order valence-corrected chi connectivity index (χ1v) is 5.39. The molecule has 0 aromatic carbocycles. The van der Waals surface area contributed by atoms with Crippen LogP contribution in [-0.2, 0) is 13.3 Å². The summed E-state index contributed by atoms with van der Waals surface area (Å²) >= 11 is 3.87. The van der Waals surface area contributed by atoms with Crippen molar-refractivity contribution in [3.63, 3.8) is 0 Å². The second kappa shape index (κ2) is 4.29. The van der Waals surface area contributed by atoms with Gasteiger partial charge >= 0.3 is 8.80 Å². The monoisotopic (exact) mass is 168 g/mol. The lowest BCUT2D eigenvalue weighted by Crippen LogP contribution is -2.39. The van der Waals surface area contributed by atoms with E-state index in [1.54, 1.807) is 14.2 Å². The zero-order valence-electron chi connectivity index (χ0n) is 5.88. The highest BCUT2D eigenvalue weighted by Gasteiger charge is 2.30. The summed E-state index contributed by atoms with van der Waals surface area (Å²) in [5, 5.41) is 0. The van der Waals surface area contributed by atoms with Crippen molar-refractivity contribution in [3.8, 4) is 0 Å². The van der Waals surface area contributed by atoms with Crippen molar-refractivity contribution in [2.75, 3.05) is 20.2 Å². The van der Waals surface area contributed by atoms with Gasteiger partial charge in [0.2, 0.25) is 0 Å². The van der Waals surface area contributed by atoms with Crippen LogP contribution in [0.25, 0.3) is 0 Å². The molecule has 0 amide bonds. The molecule has 0 aromatic rings. The van der Waals surface area contributed by atoms with Crippen LogP contribution >= 0.6 is 12.6 Å². The normalized spacial score (nSPS) is 12.0. The van der Waals surface area contributed by atoms with Gasteiger partial charge < -0.3 is 13.3 Å². The van der Waals surface area contributed by atoms with Crippen LogP contribution in [0.1, 0.15) is 0 Å². The van der Waals surface area contributed by atoms with Crippen LogP contribution in [0.4, 0.5) is 0 Å². The summed E-state index contributed by atoms with van der Waals surface area (Å²) in [6.07, 6.45) is 0. The molecule has 0 N–H and O–H groups in total. The van der Waals surface area contributed by atoms with E-state index in [0.717, 1.165) is 0 Å². The Labute approximate surface area is 62.1 Å². The largest absolute Gasteiger partial charge is 0.497 e. The van der Waals surface area contributed by atoms with Gasteiger partial charge in [-0.2, -0.15) is 12.6 Å². The summed E-state index contributed by atoms with van der Waals surface area (Å²) in [5.74, 6) is 0.338. The van der Waals surface area contributed by atoms with Crippen molar-refractivity contribution in [2.24, 2.45) is 0 Å². The minimum Gasteiger partial charge on any atom is -0.377 e. The minimum atomic E-state index is -2.27. The Hall–Kier alpha value is 0.447. The topological polar surface area (TPSA) is 27.7 Å². The Morgan fingerprint density at radius 2 is 1.78 bits per heavy atom. The van der Waals surface area contributed by atoms with Crippen molar-refractivity contribution >= 4 is 21.4 Å². The smallest absolute Gasteiger partial charge is 0.377 e. The van der Waals surface area contributed by atoms with Crippen LogP contribution in [0.5, 0.6) is 0 Å². The van der Waals surface area contributed by atoms with Crippen LogP contribution in [0.2, 0.25) is 6.55 Å². The standard InChI is InChI=1S/C4H12O3SSi/c1-5-9(3,6-2)7-4-8/h8H,4H2,1-3H3. The van der Waals surface area contributed by atoms with Gasteiger partial charge in [0.15, 0.2) is 0 Å². The molecule has 0 aromatic heterocycles. The van der Waals surface area contributed by atoms with Gasteiger partial charge in [-0.1, -0.05) is 0 Å². The van der Waals surface area contributed by atoms with Gasteiger partial charge in [0.25, 0.3) is 0 Å². The third kappa shape index (κ3) is 3.22. The second-order valence-electron chi connectivity index (χ2n) is 1.54. The first kappa shape index (κ1) is 9.45. The molecule has 0 spiro atoms. The maximum atomic E-state index is 5.09. The predicted molar refractivity (Wildman–Crippen MR) is 40.6 cm³/mol. The Morgan fingerprint density at radius 3 is 1.89 bits per heavy atom. The lowest BCUT2D eigenvalue weighted by molar-refractivity contribution is 0.126. The zero-order chi connectivity index (χ0) is 7.33. The van der Waals surface area contributed by atoms with Crippen LogP contribution in [0.3, 0.4) is 0 Å². The molecule has 0 saturated carbocycles. The number of rotatable bonds is 4. The van der Waals surface area contributed by atoms with Crippen molar-refractivity contribution in [2.45, 2.75) is 6.55 Å². The molecule has 0 aliphatic heterocycles. The highest BCUT2D eigenvalue weighted by atomic mass is 32.1.